The van der Waals surface area contributed by atoms with Gasteiger partial charge >= 0.3 is 0 Å². The predicted molar refractivity (Wildman–Crippen MR) is 74.3 cm³/mol. The average Bonchev–Trinajstić information content (AvgIpc) is 2.66. The molecule has 0 saturated carbocycles. The molecule has 0 aliphatic heterocycles. The summed E-state index contributed by atoms with van der Waals surface area (Å²) in [6.07, 6.45) is 7.03. The Morgan fingerprint density at radius 3 is 2.80 bits per heavy atom. The minimum atomic E-state index is 0.292. The first-order chi connectivity index (χ1) is 9.70. The molecule has 0 aromatic carbocycles. The van der Waals surface area contributed by atoms with Crippen molar-refractivity contribution in [3.8, 4) is 12.0 Å². The zero-order chi connectivity index (χ0) is 14.1. The summed E-state index contributed by atoms with van der Waals surface area (Å²) in [7, 11) is 0. The van der Waals surface area contributed by atoms with Gasteiger partial charge in [-0.3, -0.25) is 0 Å². The fourth-order valence-corrected chi connectivity index (χ4v) is 2.64. The molecule has 2 aromatic rings. The van der Waals surface area contributed by atoms with Crippen molar-refractivity contribution >= 4 is 5.82 Å². The van der Waals surface area contributed by atoms with E-state index in [1.54, 1.807) is 0 Å². The van der Waals surface area contributed by atoms with Gasteiger partial charge in [-0.15, -0.1) is 0 Å². The number of nitrogens with two attached hydrogens (primary N) is 1. The van der Waals surface area contributed by atoms with E-state index in [0.29, 0.717) is 17.3 Å². The second-order valence-corrected chi connectivity index (χ2v) is 5.06. The Bertz CT molecular complexity index is 694. The Labute approximate surface area is 117 Å². The van der Waals surface area contributed by atoms with Crippen LogP contribution in [-0.4, -0.2) is 19.7 Å². The van der Waals surface area contributed by atoms with Gasteiger partial charge in [-0.05, 0) is 38.2 Å². The molecule has 0 bridgehead atoms. The second kappa shape index (κ2) is 4.93. The summed E-state index contributed by atoms with van der Waals surface area (Å²) in [6, 6.07) is 2.01. The zero-order valence-corrected chi connectivity index (χ0v) is 11.4. The first-order valence-corrected chi connectivity index (χ1v) is 6.81. The SMILES string of the molecule is Cc1nc(-n2ncc(C#N)c2N)nc2c1CCCCC2. The van der Waals surface area contributed by atoms with E-state index in [0.717, 1.165) is 30.7 Å². The van der Waals surface area contributed by atoms with Crippen molar-refractivity contribution in [3.05, 3.63) is 28.7 Å². The molecule has 0 saturated heterocycles. The molecule has 2 aromatic heterocycles. The lowest BCUT2D eigenvalue weighted by molar-refractivity contribution is 0.707. The fraction of sp³-hybridized carbons (Fsp3) is 0.429. The molecule has 6 nitrogen and oxygen atoms in total. The van der Waals surface area contributed by atoms with Crippen molar-refractivity contribution in [1.82, 2.24) is 19.7 Å². The number of anilines is 1. The number of nitrogen functional groups attached to an aromatic ring is 1. The largest absolute Gasteiger partial charge is 0.382 e. The molecule has 0 fully saturated rings. The van der Waals surface area contributed by atoms with Crippen LogP contribution in [0.15, 0.2) is 6.20 Å². The molecular formula is C14H16N6. The van der Waals surface area contributed by atoms with E-state index in [2.05, 4.69) is 15.1 Å². The van der Waals surface area contributed by atoms with Crippen LogP contribution in [0.3, 0.4) is 0 Å². The van der Waals surface area contributed by atoms with Gasteiger partial charge in [0.15, 0.2) is 0 Å². The van der Waals surface area contributed by atoms with Crippen LogP contribution in [0.2, 0.25) is 0 Å². The van der Waals surface area contributed by atoms with Gasteiger partial charge in [-0.2, -0.15) is 15.0 Å². The van der Waals surface area contributed by atoms with Gasteiger partial charge in [0, 0.05) is 11.4 Å². The highest BCUT2D eigenvalue weighted by molar-refractivity contribution is 5.50. The van der Waals surface area contributed by atoms with Gasteiger partial charge < -0.3 is 5.73 Å². The third kappa shape index (κ3) is 2.01. The first-order valence-electron chi connectivity index (χ1n) is 6.81. The lowest BCUT2D eigenvalue weighted by atomic mass is 10.1. The molecule has 3 rings (SSSR count). The van der Waals surface area contributed by atoms with Crippen LogP contribution in [0, 0.1) is 18.3 Å². The van der Waals surface area contributed by atoms with Crippen LogP contribution in [-0.2, 0) is 12.8 Å². The maximum Gasteiger partial charge on any atom is 0.252 e. The number of aromatic nitrogens is 4. The highest BCUT2D eigenvalue weighted by Gasteiger charge is 2.17. The Hall–Kier alpha value is -2.42. The van der Waals surface area contributed by atoms with Crippen LogP contribution in [0.1, 0.15) is 41.8 Å². The monoisotopic (exact) mass is 268 g/mol. The van der Waals surface area contributed by atoms with Gasteiger partial charge in [0.1, 0.15) is 17.5 Å². The molecule has 6 heteroatoms. The molecule has 0 amide bonds. The van der Waals surface area contributed by atoms with E-state index < -0.39 is 0 Å². The first kappa shape index (κ1) is 12.6. The fourth-order valence-electron chi connectivity index (χ4n) is 2.64. The number of fused-ring (bicyclic) bond motifs is 1. The Morgan fingerprint density at radius 1 is 1.25 bits per heavy atom. The van der Waals surface area contributed by atoms with Gasteiger partial charge in [0.2, 0.25) is 0 Å². The third-order valence-corrected chi connectivity index (χ3v) is 3.74. The summed E-state index contributed by atoms with van der Waals surface area (Å²) < 4.78 is 1.44. The van der Waals surface area contributed by atoms with Crippen molar-refractivity contribution in [2.45, 2.75) is 39.0 Å². The van der Waals surface area contributed by atoms with Gasteiger partial charge in [-0.25, -0.2) is 9.97 Å². The summed E-state index contributed by atoms with van der Waals surface area (Å²) in [4.78, 5) is 9.12. The predicted octanol–water partition coefficient (Wildman–Crippen LogP) is 1.69. The van der Waals surface area contributed by atoms with Crippen LogP contribution in [0.4, 0.5) is 5.82 Å². The quantitative estimate of drug-likeness (QED) is 0.794. The smallest absolute Gasteiger partial charge is 0.252 e. The van der Waals surface area contributed by atoms with Crippen molar-refractivity contribution < 1.29 is 0 Å². The van der Waals surface area contributed by atoms with Crippen LogP contribution in [0.5, 0.6) is 0 Å². The summed E-state index contributed by atoms with van der Waals surface area (Å²) in [5.41, 5.74) is 9.59. The molecule has 1 aliphatic rings. The van der Waals surface area contributed by atoms with Crippen molar-refractivity contribution in [2.24, 2.45) is 0 Å². The maximum atomic E-state index is 8.94. The Morgan fingerprint density at radius 2 is 2.05 bits per heavy atom. The number of nitriles is 1. The molecule has 1 aliphatic carbocycles. The molecular weight excluding hydrogens is 252 g/mol. The molecule has 102 valence electrons. The standard InChI is InChI=1S/C14H16N6/c1-9-11-5-3-2-4-6-12(11)19-14(18-9)20-13(16)10(7-15)8-17-20/h8H,2-6,16H2,1H3. The van der Waals surface area contributed by atoms with E-state index >= 15 is 0 Å². The minimum Gasteiger partial charge on any atom is -0.382 e. The Balaban J connectivity index is 2.11. The molecule has 0 radical (unpaired) electrons. The number of aryl methyl sites for hydroxylation is 2. The zero-order valence-electron chi connectivity index (χ0n) is 11.4. The van der Waals surface area contributed by atoms with E-state index in [1.165, 1.54) is 29.3 Å². The third-order valence-electron chi connectivity index (χ3n) is 3.74. The average molecular weight is 268 g/mol. The van der Waals surface area contributed by atoms with Crippen molar-refractivity contribution in [2.75, 3.05) is 5.73 Å². The number of hydrogen-bond acceptors (Lipinski definition) is 5. The summed E-state index contributed by atoms with van der Waals surface area (Å²) in [6.45, 7) is 2.00. The molecule has 0 unspecified atom stereocenters. The molecule has 2 N–H and O–H groups in total. The van der Waals surface area contributed by atoms with Gasteiger partial charge in [0.05, 0.1) is 6.20 Å². The molecule has 0 atom stereocenters. The second-order valence-electron chi connectivity index (χ2n) is 5.06. The number of hydrogen-bond donors (Lipinski definition) is 1. The molecule has 2 heterocycles. The maximum absolute atomic E-state index is 8.94. The highest BCUT2D eigenvalue weighted by Crippen LogP contribution is 2.23. The molecule has 0 spiro atoms. The normalized spacial score (nSPS) is 14.4. The van der Waals surface area contributed by atoms with Gasteiger partial charge in [-0.1, -0.05) is 6.42 Å². The van der Waals surface area contributed by atoms with Crippen LogP contribution in [0.25, 0.3) is 5.95 Å². The Kier molecular flexibility index (Phi) is 3.11. The van der Waals surface area contributed by atoms with Crippen LogP contribution < -0.4 is 5.73 Å². The minimum absolute atomic E-state index is 0.292. The van der Waals surface area contributed by atoms with Crippen molar-refractivity contribution in [1.29, 1.82) is 5.26 Å². The molecule has 20 heavy (non-hydrogen) atoms. The van der Waals surface area contributed by atoms with E-state index in [9.17, 15) is 0 Å². The van der Waals surface area contributed by atoms with Crippen LogP contribution >= 0.6 is 0 Å². The van der Waals surface area contributed by atoms with E-state index in [-0.39, 0.29) is 0 Å². The lowest BCUT2D eigenvalue weighted by Gasteiger charge is -2.11. The van der Waals surface area contributed by atoms with E-state index in [4.69, 9.17) is 11.0 Å². The lowest BCUT2D eigenvalue weighted by Crippen LogP contribution is -2.12. The van der Waals surface area contributed by atoms with Crippen molar-refractivity contribution in [3.63, 3.8) is 0 Å². The number of nitrogens with zero attached hydrogens (tertiary/aromatic N) is 5. The van der Waals surface area contributed by atoms with E-state index in [1.807, 2.05) is 13.0 Å². The summed E-state index contributed by atoms with van der Waals surface area (Å²) in [5, 5.41) is 13.1. The summed E-state index contributed by atoms with van der Waals surface area (Å²) >= 11 is 0. The topological polar surface area (TPSA) is 93.4 Å². The number of rotatable bonds is 1. The van der Waals surface area contributed by atoms with Gasteiger partial charge in [0.25, 0.3) is 5.95 Å². The highest BCUT2D eigenvalue weighted by atomic mass is 15.4. The summed E-state index contributed by atoms with van der Waals surface area (Å²) in [5.74, 6) is 0.752.